The Bertz CT molecular complexity index is 1350. The van der Waals surface area contributed by atoms with Crippen molar-refractivity contribution in [3.63, 3.8) is 0 Å². The van der Waals surface area contributed by atoms with Crippen LogP contribution in [0.4, 0.5) is 5.69 Å². The first-order chi connectivity index (χ1) is 19.0. The fourth-order valence-electron chi connectivity index (χ4n) is 4.09. The monoisotopic (exact) mass is 584 g/mol. The Morgan fingerprint density at radius 2 is 1.45 bits per heavy atom. The zero-order valence-electron chi connectivity index (χ0n) is 23.3. The molecular weight excluding hydrogens is 548 g/mol. The van der Waals surface area contributed by atoms with E-state index in [4.69, 9.17) is 11.6 Å². The van der Waals surface area contributed by atoms with Gasteiger partial charge in [0.15, 0.2) is 0 Å². The van der Waals surface area contributed by atoms with Gasteiger partial charge in [-0.05, 0) is 48.7 Å². The minimum Gasteiger partial charge on any atom is -0.352 e. The Hall–Kier alpha value is -3.40. The molecule has 0 unspecified atom stereocenters. The van der Waals surface area contributed by atoms with Crippen LogP contribution in [0.3, 0.4) is 0 Å². The van der Waals surface area contributed by atoms with Gasteiger partial charge in [-0.1, -0.05) is 79.2 Å². The molecule has 3 aromatic rings. The molecule has 3 rings (SSSR count). The van der Waals surface area contributed by atoms with Crippen LogP contribution >= 0.6 is 11.6 Å². The smallest absolute Gasteiger partial charge is 0.304 e. The third kappa shape index (κ3) is 8.30. The molecule has 0 aliphatic rings. The Kier molecular flexibility index (Phi) is 11.1. The van der Waals surface area contributed by atoms with Gasteiger partial charge in [-0.25, -0.2) is 4.31 Å². The number of nitrogens with zero attached hydrogens (tertiary/aromatic N) is 3. The number of rotatable bonds is 13. The van der Waals surface area contributed by atoms with Crippen molar-refractivity contribution in [1.29, 1.82) is 0 Å². The molecule has 0 spiro atoms. The molecule has 2 amide bonds. The molecule has 0 aliphatic heterocycles. The molecule has 0 saturated heterocycles. The fraction of sp³-hybridized carbons (Fsp3) is 0.333. The van der Waals surface area contributed by atoms with E-state index in [0.717, 1.165) is 26.2 Å². The highest BCUT2D eigenvalue weighted by Gasteiger charge is 2.35. The van der Waals surface area contributed by atoms with Crippen molar-refractivity contribution in [2.24, 2.45) is 0 Å². The van der Waals surface area contributed by atoms with Crippen LogP contribution in [0.2, 0.25) is 5.02 Å². The van der Waals surface area contributed by atoms with Crippen LogP contribution in [0.1, 0.15) is 31.4 Å². The predicted octanol–water partition coefficient (Wildman–Crippen LogP) is 4.51. The second kappa shape index (κ2) is 14.3. The molecule has 0 aliphatic carbocycles. The van der Waals surface area contributed by atoms with Crippen LogP contribution < -0.4 is 9.62 Å². The maximum absolute atomic E-state index is 14.2. The average Bonchev–Trinajstić information content (AvgIpc) is 2.95. The summed E-state index contributed by atoms with van der Waals surface area (Å²) in [7, 11) is -1.19. The summed E-state index contributed by atoms with van der Waals surface area (Å²) >= 11 is 6.10. The second-order valence-corrected chi connectivity index (χ2v) is 12.3. The maximum atomic E-state index is 14.2. The van der Waals surface area contributed by atoms with E-state index in [-0.39, 0.29) is 24.9 Å². The van der Waals surface area contributed by atoms with Crippen LogP contribution in [-0.4, -0.2) is 62.2 Å². The molecule has 2 atom stereocenters. The van der Waals surface area contributed by atoms with Gasteiger partial charge in [0.1, 0.15) is 12.6 Å². The zero-order chi connectivity index (χ0) is 29.3. The third-order valence-corrected chi connectivity index (χ3v) is 8.67. The predicted molar refractivity (Wildman–Crippen MR) is 160 cm³/mol. The molecule has 10 heteroatoms. The van der Waals surface area contributed by atoms with Crippen LogP contribution in [0.5, 0.6) is 0 Å². The largest absolute Gasteiger partial charge is 0.352 e. The van der Waals surface area contributed by atoms with E-state index in [0.29, 0.717) is 10.7 Å². The lowest BCUT2D eigenvalue weighted by molar-refractivity contribution is -0.140. The topological polar surface area (TPSA) is 90.0 Å². The van der Waals surface area contributed by atoms with E-state index in [2.05, 4.69) is 5.32 Å². The van der Waals surface area contributed by atoms with E-state index >= 15 is 0 Å². The SMILES string of the molecule is CC[C@H](C)NC(=O)[C@@H](Cc1ccccc1)N(Cc1ccc(Cl)cc1)C(=O)CN(c1ccccc1)S(=O)(=O)N(C)C. The molecule has 8 nitrogen and oxygen atoms in total. The van der Waals surface area contributed by atoms with Gasteiger partial charge in [-0.2, -0.15) is 12.7 Å². The van der Waals surface area contributed by atoms with Crippen LogP contribution in [0, 0.1) is 0 Å². The van der Waals surface area contributed by atoms with E-state index in [1.54, 1.807) is 54.6 Å². The number of carbonyl (C=O) groups excluding carboxylic acids is 2. The number of hydrogen-bond donors (Lipinski definition) is 1. The summed E-state index contributed by atoms with van der Waals surface area (Å²) in [4.78, 5) is 29.3. The van der Waals surface area contributed by atoms with E-state index in [1.807, 2.05) is 44.2 Å². The molecule has 40 heavy (non-hydrogen) atoms. The van der Waals surface area contributed by atoms with Crippen molar-refractivity contribution < 1.29 is 18.0 Å². The molecule has 214 valence electrons. The molecule has 1 N–H and O–H groups in total. The maximum Gasteiger partial charge on any atom is 0.304 e. The van der Waals surface area contributed by atoms with Gasteiger partial charge in [0.25, 0.3) is 0 Å². The lowest BCUT2D eigenvalue weighted by Crippen LogP contribution is -2.55. The summed E-state index contributed by atoms with van der Waals surface area (Å²) in [5.74, 6) is -0.813. The van der Waals surface area contributed by atoms with Gasteiger partial charge in [0, 0.05) is 38.1 Å². The molecule has 0 radical (unpaired) electrons. The van der Waals surface area contributed by atoms with E-state index in [1.165, 1.54) is 19.0 Å². The van der Waals surface area contributed by atoms with E-state index < -0.39 is 28.7 Å². The van der Waals surface area contributed by atoms with Crippen molar-refractivity contribution in [2.75, 3.05) is 24.9 Å². The highest BCUT2D eigenvalue weighted by molar-refractivity contribution is 7.90. The van der Waals surface area contributed by atoms with Crippen molar-refractivity contribution in [2.45, 2.75) is 45.3 Å². The van der Waals surface area contributed by atoms with Gasteiger partial charge in [-0.15, -0.1) is 0 Å². The van der Waals surface area contributed by atoms with Crippen molar-refractivity contribution in [3.8, 4) is 0 Å². The summed E-state index contributed by atoms with van der Waals surface area (Å²) in [6.07, 6.45) is 0.978. The molecule has 0 heterocycles. The number of nitrogens with one attached hydrogen (secondary N) is 1. The molecule has 0 bridgehead atoms. The highest BCUT2D eigenvalue weighted by atomic mass is 35.5. The van der Waals surface area contributed by atoms with Gasteiger partial charge in [0.2, 0.25) is 11.8 Å². The number of para-hydroxylation sites is 1. The van der Waals surface area contributed by atoms with Gasteiger partial charge < -0.3 is 10.2 Å². The third-order valence-electron chi connectivity index (χ3n) is 6.60. The summed E-state index contributed by atoms with van der Waals surface area (Å²) in [6, 6.07) is 23.9. The number of hydrogen-bond acceptors (Lipinski definition) is 4. The number of halogens is 1. The quantitative estimate of drug-likeness (QED) is 0.320. The first-order valence-electron chi connectivity index (χ1n) is 13.2. The minimum absolute atomic E-state index is 0.0894. The van der Waals surface area contributed by atoms with Crippen molar-refractivity contribution >= 4 is 39.3 Å². The van der Waals surface area contributed by atoms with Crippen molar-refractivity contribution in [3.05, 3.63) is 101 Å². The summed E-state index contributed by atoms with van der Waals surface area (Å²) in [5.41, 5.74) is 1.98. The lowest BCUT2D eigenvalue weighted by Gasteiger charge is -2.35. The summed E-state index contributed by atoms with van der Waals surface area (Å²) < 4.78 is 28.8. The van der Waals surface area contributed by atoms with Gasteiger partial charge in [0.05, 0.1) is 5.69 Å². The van der Waals surface area contributed by atoms with Crippen LogP contribution in [0.25, 0.3) is 0 Å². The number of anilines is 1. The average molecular weight is 585 g/mol. The Labute approximate surface area is 242 Å². The second-order valence-electron chi connectivity index (χ2n) is 9.80. The number of benzene rings is 3. The summed E-state index contributed by atoms with van der Waals surface area (Å²) in [5, 5.41) is 3.57. The van der Waals surface area contributed by atoms with Crippen molar-refractivity contribution in [1.82, 2.24) is 14.5 Å². The first kappa shape index (κ1) is 31.1. The van der Waals surface area contributed by atoms with Crippen LogP contribution in [0.15, 0.2) is 84.9 Å². The Balaban J connectivity index is 2.07. The molecule has 0 fully saturated rings. The Morgan fingerprint density at radius 3 is 2.00 bits per heavy atom. The molecule has 3 aromatic carbocycles. The van der Waals surface area contributed by atoms with E-state index in [9.17, 15) is 18.0 Å². The Morgan fingerprint density at radius 1 is 0.875 bits per heavy atom. The normalized spacial score (nSPS) is 12.9. The molecule has 0 aromatic heterocycles. The molecular formula is C30H37ClN4O4S. The lowest BCUT2D eigenvalue weighted by atomic mass is 10.0. The van der Waals surface area contributed by atoms with Gasteiger partial charge >= 0.3 is 10.2 Å². The summed E-state index contributed by atoms with van der Waals surface area (Å²) in [6.45, 7) is 3.48. The molecule has 0 saturated carbocycles. The van der Waals surface area contributed by atoms with Crippen LogP contribution in [-0.2, 0) is 32.8 Å². The number of amides is 2. The first-order valence-corrected chi connectivity index (χ1v) is 14.9. The zero-order valence-corrected chi connectivity index (χ0v) is 24.9. The highest BCUT2D eigenvalue weighted by Crippen LogP contribution is 2.22. The van der Waals surface area contributed by atoms with Gasteiger partial charge in [-0.3, -0.25) is 9.59 Å². The fourth-order valence-corrected chi connectivity index (χ4v) is 5.27. The standard InChI is InChI=1S/C30H37ClN4O4S/c1-5-23(2)32-30(37)28(20-24-12-8-6-9-13-24)34(21-25-16-18-26(31)19-17-25)29(36)22-35(40(38,39)33(3)4)27-14-10-7-11-15-27/h6-19,23,28H,5,20-22H2,1-4H3,(H,32,37)/t23-,28+/m0/s1. The minimum atomic E-state index is -4.03. The number of carbonyl (C=O) groups is 2.